The number of amides is 2. The van der Waals surface area contributed by atoms with E-state index in [2.05, 4.69) is 10.4 Å². The Hall–Kier alpha value is -3.50. The van der Waals surface area contributed by atoms with Crippen LogP contribution in [0.25, 0.3) is 5.69 Å². The number of benzene rings is 3. The third-order valence-electron chi connectivity index (χ3n) is 7.82. The Morgan fingerprint density at radius 1 is 0.957 bits per heavy atom. The lowest BCUT2D eigenvalue weighted by molar-refractivity contribution is 0.202. The van der Waals surface area contributed by atoms with Crippen molar-refractivity contribution in [2.75, 3.05) is 19.3 Å². The number of halogens is 3. The Kier molecular flexibility index (Phi) is 10.0. The Morgan fingerprint density at radius 3 is 2.23 bits per heavy atom. The van der Waals surface area contributed by atoms with E-state index in [9.17, 15) is 30.4 Å². The molecule has 1 aromatic heterocycles. The van der Waals surface area contributed by atoms with Crippen molar-refractivity contribution >= 4 is 49.3 Å². The summed E-state index contributed by atoms with van der Waals surface area (Å²) in [5.74, 6) is -1.83. The molecule has 5 rings (SSSR count). The molecule has 0 spiro atoms. The van der Waals surface area contributed by atoms with E-state index in [0.29, 0.717) is 35.2 Å². The zero-order valence-electron chi connectivity index (χ0n) is 25.6. The number of sulfonamides is 1. The minimum absolute atomic E-state index is 0.137. The van der Waals surface area contributed by atoms with Gasteiger partial charge in [0.25, 0.3) is 10.0 Å². The van der Waals surface area contributed by atoms with Crippen molar-refractivity contribution in [3.05, 3.63) is 100 Å². The minimum atomic E-state index is -4.20. The van der Waals surface area contributed by atoms with E-state index in [0.717, 1.165) is 36.8 Å². The van der Waals surface area contributed by atoms with Gasteiger partial charge in [0.1, 0.15) is 0 Å². The van der Waals surface area contributed by atoms with Gasteiger partial charge in [0, 0.05) is 41.6 Å². The highest BCUT2D eigenvalue weighted by Crippen LogP contribution is 2.38. The topological polar surface area (TPSA) is 130 Å². The minimum Gasteiger partial charge on any atom is -0.291 e. The molecule has 250 valence electrons. The average molecular weight is 724 g/mol. The Labute approximate surface area is 281 Å². The number of hydrogen-bond donors (Lipinski definition) is 2. The van der Waals surface area contributed by atoms with Crippen LogP contribution in [-0.4, -0.2) is 56.8 Å². The maximum absolute atomic E-state index is 14.5. The van der Waals surface area contributed by atoms with Crippen LogP contribution in [0.5, 0.6) is 0 Å². The summed E-state index contributed by atoms with van der Waals surface area (Å²) in [6, 6.07) is 13.2. The molecule has 2 amide bonds. The van der Waals surface area contributed by atoms with Gasteiger partial charge in [-0.2, -0.15) is 0 Å². The molecule has 47 heavy (non-hydrogen) atoms. The number of thioether (sulfide) groups is 1. The Morgan fingerprint density at radius 2 is 1.62 bits per heavy atom. The smallest absolute Gasteiger partial charge is 0.291 e. The fourth-order valence-electron chi connectivity index (χ4n) is 5.15. The molecule has 1 aliphatic rings. The van der Waals surface area contributed by atoms with Gasteiger partial charge in [0.2, 0.25) is 0 Å². The van der Waals surface area contributed by atoms with Crippen LogP contribution in [0.1, 0.15) is 43.5 Å². The lowest BCUT2D eigenvalue weighted by atomic mass is 9.81. The second-order valence-corrected chi connectivity index (χ2v) is 16.6. The molecular weight excluding hydrogens is 692 g/mol. The number of imidazole rings is 1. The number of rotatable bonds is 10. The molecule has 16 heteroatoms. The summed E-state index contributed by atoms with van der Waals surface area (Å²) in [6.45, 7) is 5.08. The van der Waals surface area contributed by atoms with E-state index < -0.39 is 42.9 Å². The molecule has 0 unspecified atom stereocenters. The van der Waals surface area contributed by atoms with Crippen LogP contribution in [0.15, 0.2) is 81.8 Å². The fourth-order valence-corrected chi connectivity index (χ4v) is 8.09. The molecule has 2 heterocycles. The quantitative estimate of drug-likeness (QED) is 0.196. The van der Waals surface area contributed by atoms with Gasteiger partial charge >= 0.3 is 6.03 Å². The molecule has 1 saturated heterocycles. The van der Waals surface area contributed by atoms with Crippen LogP contribution >= 0.6 is 23.4 Å². The lowest BCUT2D eigenvalue weighted by Crippen LogP contribution is -2.47. The Balaban J connectivity index is 1.41. The van der Waals surface area contributed by atoms with E-state index in [1.54, 1.807) is 27.9 Å². The molecule has 2 N–H and O–H groups in total. The zero-order chi connectivity index (χ0) is 34.1. The van der Waals surface area contributed by atoms with Crippen molar-refractivity contribution in [3.8, 4) is 5.69 Å². The van der Waals surface area contributed by atoms with Gasteiger partial charge in [-0.05, 0) is 60.4 Å². The molecule has 1 aliphatic heterocycles. The maximum atomic E-state index is 14.5. The summed E-state index contributed by atoms with van der Waals surface area (Å²) < 4.78 is 81.7. The number of nitrogens with zero attached hydrogens (tertiary/aromatic N) is 3. The lowest BCUT2D eigenvalue weighted by Gasteiger charge is -2.27. The van der Waals surface area contributed by atoms with E-state index in [-0.39, 0.29) is 20.6 Å². The number of hydrogen-bond acceptors (Lipinski definition) is 8. The van der Waals surface area contributed by atoms with Gasteiger partial charge in [0.05, 0.1) is 27.4 Å². The number of hydrazine groups is 1. The normalized spacial score (nSPS) is 14.3. The molecular formula is C31H32ClF2N5O5S3. The van der Waals surface area contributed by atoms with Crippen molar-refractivity contribution in [1.29, 1.82) is 0 Å². The van der Waals surface area contributed by atoms with Crippen molar-refractivity contribution in [1.82, 2.24) is 24.7 Å². The van der Waals surface area contributed by atoms with Crippen molar-refractivity contribution in [3.63, 3.8) is 0 Å². The third kappa shape index (κ3) is 7.81. The second kappa shape index (κ2) is 13.5. The highest BCUT2D eigenvalue weighted by molar-refractivity contribution is 7.98. The van der Waals surface area contributed by atoms with Crippen LogP contribution in [0.2, 0.25) is 5.02 Å². The largest absolute Gasteiger partial charge is 0.343 e. The molecule has 0 saturated carbocycles. The first kappa shape index (κ1) is 34.8. The maximum Gasteiger partial charge on any atom is 0.343 e. The summed E-state index contributed by atoms with van der Waals surface area (Å²) in [7, 11) is -7.61. The van der Waals surface area contributed by atoms with Gasteiger partial charge in [0.15, 0.2) is 26.6 Å². The second-order valence-electron chi connectivity index (χ2n) is 11.6. The van der Waals surface area contributed by atoms with E-state index in [1.807, 2.05) is 18.6 Å². The molecule has 0 radical (unpaired) electrons. The third-order valence-corrected chi connectivity index (χ3v) is 11.6. The summed E-state index contributed by atoms with van der Waals surface area (Å²) in [6.07, 6.45) is 4.55. The predicted octanol–water partition coefficient (Wildman–Crippen LogP) is 5.82. The van der Waals surface area contributed by atoms with E-state index in [4.69, 9.17) is 11.6 Å². The number of nitrogens with one attached hydrogen (secondary N) is 2. The number of sulfone groups is 1. The monoisotopic (exact) mass is 723 g/mol. The zero-order valence-corrected chi connectivity index (χ0v) is 28.8. The fraction of sp³-hybridized carbons (Fsp3) is 0.290. The van der Waals surface area contributed by atoms with Crippen molar-refractivity contribution in [2.45, 2.75) is 52.8 Å². The van der Waals surface area contributed by atoms with Crippen LogP contribution in [0.4, 0.5) is 13.6 Å². The number of urea groups is 1. The first-order chi connectivity index (χ1) is 22.1. The standard InChI is InChI=1S/C31H32ClF2N5O5S3/c1-31(2,21-7-11-23(12-8-21)46(3,41)42)28-18-35-30(39(28)22-9-13-26(33)27(34)16-22)45-19-20-6-10-24(17-25(20)32)47(43,44)37-29(40)36-38-14-4-5-15-38/h6-13,16-18H,4-5,14-15,19H2,1-3H3,(H2,36,37,40). The highest BCUT2D eigenvalue weighted by atomic mass is 35.5. The van der Waals surface area contributed by atoms with Crippen LogP contribution < -0.4 is 10.1 Å². The van der Waals surface area contributed by atoms with Crippen molar-refractivity contribution in [2.24, 2.45) is 0 Å². The summed E-state index contributed by atoms with van der Waals surface area (Å²) in [5.41, 5.74) is 3.99. The molecule has 10 nitrogen and oxygen atoms in total. The van der Waals surface area contributed by atoms with Crippen molar-refractivity contribution < 1.29 is 30.4 Å². The molecule has 4 aromatic rings. The highest BCUT2D eigenvalue weighted by Gasteiger charge is 2.30. The average Bonchev–Trinajstić information content (AvgIpc) is 3.67. The van der Waals surface area contributed by atoms with Gasteiger partial charge in [-0.3, -0.25) is 9.99 Å². The number of carbonyl (C=O) groups is 1. The van der Waals surface area contributed by atoms with Crippen LogP contribution in [0, 0.1) is 11.6 Å². The van der Waals surface area contributed by atoms with Gasteiger partial charge in [-0.25, -0.2) is 45.1 Å². The van der Waals surface area contributed by atoms with Gasteiger partial charge in [-0.15, -0.1) is 0 Å². The molecule has 0 bridgehead atoms. The summed E-state index contributed by atoms with van der Waals surface area (Å²) in [5, 5.41) is 2.20. The SMILES string of the molecule is CC(C)(c1ccc(S(C)(=O)=O)cc1)c1cnc(SCc2ccc(S(=O)(=O)NC(=O)NN3CCCC3)cc2Cl)n1-c1ccc(F)c(F)c1. The number of carbonyl (C=O) groups excluding carboxylic acids is 1. The van der Waals surface area contributed by atoms with Gasteiger partial charge < -0.3 is 0 Å². The summed E-state index contributed by atoms with van der Waals surface area (Å²) >= 11 is 7.73. The molecule has 3 aromatic carbocycles. The van der Waals surface area contributed by atoms with Crippen LogP contribution in [0.3, 0.4) is 0 Å². The molecule has 0 atom stereocenters. The van der Waals surface area contributed by atoms with Crippen LogP contribution in [-0.2, 0) is 31.0 Å². The first-order valence-corrected chi connectivity index (χ1v) is 19.1. The van der Waals surface area contributed by atoms with E-state index >= 15 is 0 Å². The van der Waals surface area contributed by atoms with Gasteiger partial charge in [-0.1, -0.05) is 55.4 Å². The summed E-state index contributed by atoms with van der Waals surface area (Å²) in [4.78, 5) is 16.8. The predicted molar refractivity (Wildman–Crippen MR) is 176 cm³/mol. The first-order valence-electron chi connectivity index (χ1n) is 14.4. The van der Waals surface area contributed by atoms with E-state index in [1.165, 1.54) is 48.2 Å². The number of aromatic nitrogens is 2. The Bertz CT molecular complexity index is 2030. The molecule has 1 fully saturated rings. The molecule has 0 aliphatic carbocycles.